The van der Waals surface area contributed by atoms with Gasteiger partial charge >= 0.3 is 6.03 Å². The van der Waals surface area contributed by atoms with Crippen LogP contribution in [0.5, 0.6) is 0 Å². The minimum absolute atomic E-state index is 0.0183. The van der Waals surface area contributed by atoms with E-state index in [0.29, 0.717) is 23.4 Å². The van der Waals surface area contributed by atoms with Crippen LogP contribution < -0.4 is 10.6 Å². The van der Waals surface area contributed by atoms with Crippen molar-refractivity contribution in [2.75, 3.05) is 19.4 Å². The molecule has 0 heterocycles. The van der Waals surface area contributed by atoms with Gasteiger partial charge in [-0.2, -0.15) is 0 Å². The number of hydrogen-bond donors (Lipinski definition) is 2. The average Bonchev–Trinajstić information content (AvgIpc) is 2.62. The van der Waals surface area contributed by atoms with Gasteiger partial charge in [-0.3, -0.25) is 9.59 Å². The van der Waals surface area contributed by atoms with Crippen molar-refractivity contribution in [2.24, 2.45) is 0 Å². The van der Waals surface area contributed by atoms with Gasteiger partial charge in [0.1, 0.15) is 0 Å². The Morgan fingerprint density at radius 1 is 0.920 bits per heavy atom. The number of amides is 3. The summed E-state index contributed by atoms with van der Waals surface area (Å²) in [5.74, 6) is -0.165. The molecule has 3 amide bonds. The average molecular weight is 339 g/mol. The highest BCUT2D eigenvalue weighted by molar-refractivity contribution is 5.95. The lowest BCUT2D eigenvalue weighted by atomic mass is 10.1. The molecule has 0 saturated heterocycles. The van der Waals surface area contributed by atoms with Gasteiger partial charge in [0.05, 0.1) is 0 Å². The monoisotopic (exact) mass is 339 g/mol. The first kappa shape index (κ1) is 18.2. The van der Waals surface area contributed by atoms with Gasteiger partial charge in [-0.05, 0) is 48.9 Å². The van der Waals surface area contributed by atoms with E-state index in [1.807, 2.05) is 12.1 Å². The van der Waals surface area contributed by atoms with Gasteiger partial charge in [-0.25, -0.2) is 4.79 Å². The quantitative estimate of drug-likeness (QED) is 0.822. The smallest absolute Gasteiger partial charge is 0.321 e. The zero-order chi connectivity index (χ0) is 18.4. The van der Waals surface area contributed by atoms with Gasteiger partial charge in [0.25, 0.3) is 5.91 Å². The van der Waals surface area contributed by atoms with Crippen LogP contribution in [0.4, 0.5) is 10.5 Å². The van der Waals surface area contributed by atoms with Crippen LogP contribution in [0.15, 0.2) is 48.5 Å². The third-order valence-corrected chi connectivity index (χ3v) is 3.75. The van der Waals surface area contributed by atoms with Crippen molar-refractivity contribution in [1.29, 1.82) is 0 Å². The van der Waals surface area contributed by atoms with E-state index in [0.717, 1.165) is 5.56 Å². The molecule has 0 radical (unpaired) electrons. The summed E-state index contributed by atoms with van der Waals surface area (Å²) in [6.07, 6.45) is 0. The van der Waals surface area contributed by atoms with E-state index < -0.39 is 0 Å². The van der Waals surface area contributed by atoms with Gasteiger partial charge in [0.2, 0.25) is 0 Å². The van der Waals surface area contributed by atoms with Crippen molar-refractivity contribution in [3.8, 4) is 0 Å². The van der Waals surface area contributed by atoms with Crippen LogP contribution in [-0.4, -0.2) is 36.7 Å². The van der Waals surface area contributed by atoms with Crippen LogP contribution in [0, 0.1) is 0 Å². The van der Waals surface area contributed by atoms with E-state index in [1.165, 1.54) is 11.8 Å². The number of carbonyl (C=O) groups excluding carboxylic acids is 3. The molecule has 25 heavy (non-hydrogen) atoms. The molecule has 6 nitrogen and oxygen atoms in total. The number of anilines is 1. The van der Waals surface area contributed by atoms with Crippen LogP contribution in [-0.2, 0) is 6.54 Å². The normalized spacial score (nSPS) is 10.0. The SMILES string of the molecule is CNC(=O)c1ccc(CN(C)C(=O)Nc2ccc(C(C)=O)cc2)cc1. The van der Waals surface area contributed by atoms with Crippen LogP contribution >= 0.6 is 0 Å². The van der Waals surface area contributed by atoms with Crippen molar-refractivity contribution < 1.29 is 14.4 Å². The van der Waals surface area contributed by atoms with E-state index in [4.69, 9.17) is 0 Å². The maximum Gasteiger partial charge on any atom is 0.321 e. The molecular formula is C19H21N3O3. The molecule has 2 N–H and O–H groups in total. The fourth-order valence-electron chi connectivity index (χ4n) is 2.26. The Morgan fingerprint density at radius 3 is 2.00 bits per heavy atom. The van der Waals surface area contributed by atoms with Crippen molar-refractivity contribution in [2.45, 2.75) is 13.5 Å². The Labute approximate surface area is 146 Å². The van der Waals surface area contributed by atoms with E-state index in [9.17, 15) is 14.4 Å². The third-order valence-electron chi connectivity index (χ3n) is 3.75. The zero-order valence-corrected chi connectivity index (χ0v) is 14.5. The highest BCUT2D eigenvalue weighted by Crippen LogP contribution is 2.12. The van der Waals surface area contributed by atoms with E-state index in [-0.39, 0.29) is 17.7 Å². The lowest BCUT2D eigenvalue weighted by Crippen LogP contribution is -2.30. The minimum Gasteiger partial charge on any atom is -0.355 e. The van der Waals surface area contributed by atoms with Crippen molar-refractivity contribution in [1.82, 2.24) is 10.2 Å². The second-order valence-corrected chi connectivity index (χ2v) is 5.70. The summed E-state index contributed by atoms with van der Waals surface area (Å²) in [5, 5.41) is 5.34. The molecule has 0 saturated carbocycles. The molecule has 2 rings (SSSR count). The van der Waals surface area contributed by atoms with Crippen LogP contribution in [0.25, 0.3) is 0 Å². The first-order chi connectivity index (χ1) is 11.9. The second kappa shape index (κ2) is 8.10. The zero-order valence-electron chi connectivity index (χ0n) is 14.5. The number of rotatable bonds is 5. The van der Waals surface area contributed by atoms with Gasteiger partial charge in [-0.1, -0.05) is 12.1 Å². The lowest BCUT2D eigenvalue weighted by molar-refractivity contribution is 0.0961. The van der Waals surface area contributed by atoms with E-state index in [1.54, 1.807) is 50.5 Å². The molecule has 2 aromatic rings. The molecule has 0 unspecified atom stereocenters. The third kappa shape index (κ3) is 4.91. The maximum absolute atomic E-state index is 12.2. The molecular weight excluding hydrogens is 318 g/mol. The Morgan fingerprint density at radius 2 is 1.48 bits per heavy atom. The second-order valence-electron chi connectivity index (χ2n) is 5.70. The van der Waals surface area contributed by atoms with E-state index >= 15 is 0 Å². The fraction of sp³-hybridized carbons (Fsp3) is 0.211. The number of carbonyl (C=O) groups is 3. The van der Waals surface area contributed by atoms with Crippen molar-refractivity contribution >= 4 is 23.4 Å². The van der Waals surface area contributed by atoms with Crippen LogP contribution in [0.2, 0.25) is 0 Å². The molecule has 0 fully saturated rings. The Balaban J connectivity index is 1.95. The first-order valence-electron chi connectivity index (χ1n) is 7.85. The van der Waals surface area contributed by atoms with Crippen molar-refractivity contribution in [3.05, 3.63) is 65.2 Å². The summed E-state index contributed by atoms with van der Waals surface area (Å²) in [6.45, 7) is 1.90. The number of benzene rings is 2. The molecule has 0 bridgehead atoms. The van der Waals surface area contributed by atoms with Crippen LogP contribution in [0.3, 0.4) is 0 Å². The molecule has 0 aliphatic rings. The fourth-order valence-corrected chi connectivity index (χ4v) is 2.26. The Kier molecular flexibility index (Phi) is 5.89. The van der Waals surface area contributed by atoms with Crippen LogP contribution in [0.1, 0.15) is 33.2 Å². The molecule has 0 aliphatic heterocycles. The predicted molar refractivity (Wildman–Crippen MR) is 96.8 cm³/mol. The maximum atomic E-state index is 12.2. The molecule has 0 aromatic heterocycles. The number of urea groups is 1. The summed E-state index contributed by atoms with van der Waals surface area (Å²) in [6, 6.07) is 13.6. The highest BCUT2D eigenvalue weighted by Gasteiger charge is 2.10. The summed E-state index contributed by atoms with van der Waals surface area (Å²) < 4.78 is 0. The van der Waals surface area contributed by atoms with Gasteiger partial charge < -0.3 is 15.5 Å². The van der Waals surface area contributed by atoms with E-state index in [2.05, 4.69) is 10.6 Å². The number of ketones is 1. The molecule has 0 aliphatic carbocycles. The standard InChI is InChI=1S/C19H21N3O3/c1-13(23)15-8-10-17(11-9-15)21-19(25)22(3)12-14-4-6-16(7-5-14)18(24)20-2/h4-11H,12H2,1-3H3,(H,20,24)(H,21,25). The summed E-state index contributed by atoms with van der Waals surface area (Å²) in [4.78, 5) is 36.5. The summed E-state index contributed by atoms with van der Waals surface area (Å²) in [5.41, 5.74) is 2.71. The lowest BCUT2D eigenvalue weighted by Gasteiger charge is -2.18. The largest absolute Gasteiger partial charge is 0.355 e. The summed E-state index contributed by atoms with van der Waals surface area (Å²) in [7, 11) is 3.27. The minimum atomic E-state index is -0.258. The number of nitrogens with one attached hydrogen (secondary N) is 2. The molecule has 0 spiro atoms. The molecule has 0 atom stereocenters. The number of nitrogens with zero attached hydrogens (tertiary/aromatic N) is 1. The van der Waals surface area contributed by atoms with Gasteiger partial charge in [-0.15, -0.1) is 0 Å². The molecule has 2 aromatic carbocycles. The van der Waals surface area contributed by atoms with Crippen molar-refractivity contribution in [3.63, 3.8) is 0 Å². The molecule has 130 valence electrons. The first-order valence-corrected chi connectivity index (χ1v) is 7.85. The Bertz CT molecular complexity index is 768. The number of Topliss-reactive ketones (excluding diaryl/α,β-unsaturated/α-hetero) is 1. The predicted octanol–water partition coefficient (Wildman–Crippen LogP) is 2.91. The highest BCUT2D eigenvalue weighted by atomic mass is 16.2. The summed E-state index contributed by atoms with van der Waals surface area (Å²) >= 11 is 0. The Hall–Kier alpha value is -3.15. The van der Waals surface area contributed by atoms with Gasteiger partial charge in [0.15, 0.2) is 5.78 Å². The number of hydrogen-bond acceptors (Lipinski definition) is 3. The topological polar surface area (TPSA) is 78.5 Å². The van der Waals surface area contributed by atoms with Gasteiger partial charge in [0, 0.05) is 37.5 Å². The molecule has 6 heteroatoms.